The second-order valence-corrected chi connectivity index (χ2v) is 9.12. The summed E-state index contributed by atoms with van der Waals surface area (Å²) in [5.41, 5.74) is 2.57. The first-order chi connectivity index (χ1) is 16.0. The third-order valence-electron chi connectivity index (χ3n) is 6.90. The predicted octanol–water partition coefficient (Wildman–Crippen LogP) is 5.65. The van der Waals surface area contributed by atoms with Crippen molar-refractivity contribution in [2.24, 2.45) is 5.92 Å². The number of hydrogen-bond acceptors (Lipinski definition) is 4. The standard InChI is InChI=1S/C27H33FN2O3/c1-3-33-27(32)22-11-7-17-30(26(31)24-18(2)8-6-12-23(24)28)25(22)19-13-15-21(16-14-19)29-20-9-4-5-10-20/h6,8,12-16,20,22,25,29H,3-5,7,9-11,17H2,1-2H3/t22?,25-/m0/s1. The fourth-order valence-electron chi connectivity index (χ4n) is 5.26. The highest BCUT2D eigenvalue weighted by Crippen LogP contribution is 2.39. The van der Waals surface area contributed by atoms with Gasteiger partial charge >= 0.3 is 5.97 Å². The summed E-state index contributed by atoms with van der Waals surface area (Å²) in [6, 6.07) is 12.6. The number of nitrogens with zero attached hydrogens (tertiary/aromatic N) is 1. The number of halogens is 1. The lowest BCUT2D eigenvalue weighted by Crippen LogP contribution is -2.46. The summed E-state index contributed by atoms with van der Waals surface area (Å²) in [6.45, 7) is 4.27. The molecule has 1 heterocycles. The summed E-state index contributed by atoms with van der Waals surface area (Å²) >= 11 is 0. The Kier molecular flexibility index (Phi) is 7.31. The minimum Gasteiger partial charge on any atom is -0.466 e. The van der Waals surface area contributed by atoms with Gasteiger partial charge in [0, 0.05) is 18.3 Å². The highest BCUT2D eigenvalue weighted by atomic mass is 19.1. The van der Waals surface area contributed by atoms with Crippen LogP contribution < -0.4 is 5.32 Å². The van der Waals surface area contributed by atoms with Crippen molar-refractivity contribution in [2.45, 2.75) is 64.5 Å². The van der Waals surface area contributed by atoms with E-state index >= 15 is 0 Å². The van der Waals surface area contributed by atoms with Crippen LogP contribution in [-0.2, 0) is 9.53 Å². The van der Waals surface area contributed by atoms with Gasteiger partial charge in [-0.3, -0.25) is 9.59 Å². The number of nitrogens with one attached hydrogen (secondary N) is 1. The van der Waals surface area contributed by atoms with Gasteiger partial charge in [-0.2, -0.15) is 0 Å². The van der Waals surface area contributed by atoms with Crippen LogP contribution in [0.3, 0.4) is 0 Å². The number of benzene rings is 2. The molecule has 2 aromatic carbocycles. The number of rotatable bonds is 6. The second kappa shape index (κ2) is 10.4. The summed E-state index contributed by atoms with van der Waals surface area (Å²) in [5.74, 6) is -1.70. The molecule has 0 bridgehead atoms. The Morgan fingerprint density at radius 2 is 1.79 bits per heavy atom. The van der Waals surface area contributed by atoms with E-state index < -0.39 is 17.8 Å². The molecule has 0 radical (unpaired) electrons. The number of carbonyl (C=O) groups is 2. The van der Waals surface area contributed by atoms with Crippen LogP contribution in [0.25, 0.3) is 0 Å². The quantitative estimate of drug-likeness (QED) is 0.576. The average molecular weight is 453 g/mol. The molecule has 4 rings (SSSR count). The number of ether oxygens (including phenoxy) is 1. The summed E-state index contributed by atoms with van der Waals surface area (Å²) in [7, 11) is 0. The van der Waals surface area contributed by atoms with Crippen LogP contribution in [0.4, 0.5) is 10.1 Å². The summed E-state index contributed by atoms with van der Waals surface area (Å²) in [6.07, 6.45) is 6.17. The van der Waals surface area contributed by atoms with Crippen molar-refractivity contribution in [2.75, 3.05) is 18.5 Å². The van der Waals surface area contributed by atoms with Gasteiger partial charge in [-0.25, -0.2) is 4.39 Å². The molecular formula is C27H33FN2O3. The number of amides is 1. The van der Waals surface area contributed by atoms with Crippen molar-refractivity contribution in [3.8, 4) is 0 Å². The number of likely N-dealkylation sites (tertiary alicyclic amines) is 1. The largest absolute Gasteiger partial charge is 0.466 e. The zero-order valence-corrected chi connectivity index (χ0v) is 19.5. The third kappa shape index (κ3) is 5.05. The molecule has 2 aromatic rings. The maximum absolute atomic E-state index is 14.7. The van der Waals surface area contributed by atoms with Gasteiger partial charge in [-0.1, -0.05) is 37.1 Å². The molecule has 6 heteroatoms. The molecule has 2 fully saturated rings. The van der Waals surface area contributed by atoms with E-state index in [4.69, 9.17) is 4.74 Å². The van der Waals surface area contributed by atoms with Crippen molar-refractivity contribution < 1.29 is 18.7 Å². The molecule has 1 aliphatic heterocycles. The SMILES string of the molecule is CCOC(=O)C1CCCN(C(=O)c2c(C)cccc2F)[C@H]1c1ccc(NC2CCCC2)cc1. The van der Waals surface area contributed by atoms with Crippen LogP contribution in [0.1, 0.15) is 73.0 Å². The van der Waals surface area contributed by atoms with Gasteiger partial charge in [-0.15, -0.1) is 0 Å². The maximum Gasteiger partial charge on any atom is 0.311 e. The molecule has 176 valence electrons. The van der Waals surface area contributed by atoms with E-state index in [2.05, 4.69) is 5.32 Å². The van der Waals surface area contributed by atoms with Gasteiger partial charge in [0.25, 0.3) is 5.91 Å². The Labute approximate surface area is 195 Å². The molecular weight excluding hydrogens is 419 g/mol. The summed E-state index contributed by atoms with van der Waals surface area (Å²) in [5, 5.41) is 3.58. The van der Waals surface area contributed by atoms with Crippen molar-refractivity contribution in [3.05, 3.63) is 65.0 Å². The number of anilines is 1. The van der Waals surface area contributed by atoms with Gasteiger partial charge in [0.05, 0.1) is 24.1 Å². The molecule has 0 aromatic heterocycles. The van der Waals surface area contributed by atoms with Crippen LogP contribution in [0.15, 0.2) is 42.5 Å². The second-order valence-electron chi connectivity index (χ2n) is 9.12. The maximum atomic E-state index is 14.7. The Bertz CT molecular complexity index is 965. The van der Waals surface area contributed by atoms with E-state index in [0.717, 1.165) is 11.3 Å². The number of esters is 1. The van der Waals surface area contributed by atoms with Gasteiger partial charge in [-0.05, 0) is 68.9 Å². The first-order valence-electron chi connectivity index (χ1n) is 12.1. The molecule has 0 spiro atoms. The first-order valence-corrected chi connectivity index (χ1v) is 12.1. The van der Waals surface area contributed by atoms with Crippen molar-refractivity contribution in [1.82, 2.24) is 4.90 Å². The Balaban J connectivity index is 1.66. The lowest BCUT2D eigenvalue weighted by Gasteiger charge is -2.41. The number of piperidine rings is 1. The smallest absolute Gasteiger partial charge is 0.311 e. The van der Waals surface area contributed by atoms with Gasteiger partial charge < -0.3 is 15.0 Å². The summed E-state index contributed by atoms with van der Waals surface area (Å²) < 4.78 is 20.0. The number of carbonyl (C=O) groups excluding carboxylic acids is 2. The van der Waals surface area contributed by atoms with Crippen LogP contribution in [0, 0.1) is 18.7 Å². The Morgan fingerprint density at radius 3 is 2.45 bits per heavy atom. The van der Waals surface area contributed by atoms with Crippen molar-refractivity contribution in [1.29, 1.82) is 0 Å². The molecule has 1 unspecified atom stereocenters. The Hall–Kier alpha value is -2.89. The van der Waals surface area contributed by atoms with E-state index in [1.807, 2.05) is 24.3 Å². The van der Waals surface area contributed by atoms with Gasteiger partial charge in [0.2, 0.25) is 0 Å². The molecule has 5 nitrogen and oxygen atoms in total. The normalized spacial score (nSPS) is 21.1. The zero-order chi connectivity index (χ0) is 23.4. The average Bonchev–Trinajstić information content (AvgIpc) is 3.32. The molecule has 1 saturated carbocycles. The molecule has 1 saturated heterocycles. The topological polar surface area (TPSA) is 58.6 Å². The van der Waals surface area contributed by atoms with Crippen LogP contribution in [0.5, 0.6) is 0 Å². The monoisotopic (exact) mass is 452 g/mol. The van der Waals surface area contributed by atoms with E-state index in [1.165, 1.54) is 31.7 Å². The van der Waals surface area contributed by atoms with Gasteiger partial charge in [0.15, 0.2) is 0 Å². The minimum atomic E-state index is -0.534. The fourth-order valence-corrected chi connectivity index (χ4v) is 5.26. The molecule has 2 aliphatic rings. The first kappa shape index (κ1) is 23.3. The molecule has 1 aliphatic carbocycles. The lowest BCUT2D eigenvalue weighted by atomic mass is 9.84. The molecule has 33 heavy (non-hydrogen) atoms. The van der Waals surface area contributed by atoms with E-state index in [-0.39, 0.29) is 24.0 Å². The van der Waals surface area contributed by atoms with E-state index in [9.17, 15) is 14.0 Å². The van der Waals surface area contributed by atoms with Crippen LogP contribution in [-0.4, -0.2) is 36.0 Å². The van der Waals surface area contributed by atoms with Gasteiger partial charge in [0.1, 0.15) is 5.82 Å². The zero-order valence-electron chi connectivity index (χ0n) is 19.5. The fraction of sp³-hybridized carbons (Fsp3) is 0.481. The predicted molar refractivity (Wildman–Crippen MR) is 127 cm³/mol. The molecule has 1 N–H and O–H groups in total. The minimum absolute atomic E-state index is 0.0755. The lowest BCUT2D eigenvalue weighted by molar-refractivity contribution is -0.151. The highest BCUT2D eigenvalue weighted by molar-refractivity contribution is 5.96. The number of aryl methyl sites for hydroxylation is 1. The molecule has 2 atom stereocenters. The van der Waals surface area contributed by atoms with Crippen LogP contribution in [0.2, 0.25) is 0 Å². The number of hydrogen-bond donors (Lipinski definition) is 1. The van der Waals surface area contributed by atoms with E-state index in [1.54, 1.807) is 30.9 Å². The van der Waals surface area contributed by atoms with Crippen LogP contribution >= 0.6 is 0 Å². The third-order valence-corrected chi connectivity index (χ3v) is 6.90. The molecule has 1 amide bonds. The Morgan fingerprint density at radius 1 is 1.06 bits per heavy atom. The van der Waals surface area contributed by atoms with Crippen molar-refractivity contribution >= 4 is 17.6 Å². The highest BCUT2D eigenvalue weighted by Gasteiger charge is 2.41. The summed E-state index contributed by atoms with van der Waals surface area (Å²) in [4.78, 5) is 28.1. The van der Waals surface area contributed by atoms with Crippen molar-refractivity contribution in [3.63, 3.8) is 0 Å². The van der Waals surface area contributed by atoms with E-state index in [0.29, 0.717) is 31.0 Å².